The maximum Gasteiger partial charge on any atom is 0.339 e. The number of ether oxygens (including phenoxy) is 1. The minimum atomic E-state index is -4.08. The Labute approximate surface area is 149 Å². The molecule has 0 aliphatic carbocycles. The van der Waals surface area contributed by atoms with Crippen LogP contribution in [0, 0.1) is 6.92 Å². The fraction of sp³-hybridized carbons (Fsp3) is 0.118. The van der Waals surface area contributed by atoms with Crippen molar-refractivity contribution in [3.05, 3.63) is 70.2 Å². The van der Waals surface area contributed by atoms with E-state index in [4.69, 9.17) is 4.18 Å². The van der Waals surface area contributed by atoms with E-state index in [1.54, 1.807) is 36.4 Å². The molecule has 2 rings (SSSR count). The van der Waals surface area contributed by atoms with Gasteiger partial charge in [-0.3, -0.25) is 0 Å². The van der Waals surface area contributed by atoms with Crippen molar-refractivity contribution in [3.8, 4) is 0 Å². The molecule has 24 heavy (non-hydrogen) atoms. The second kappa shape index (κ2) is 7.63. The van der Waals surface area contributed by atoms with E-state index in [9.17, 15) is 13.2 Å². The van der Waals surface area contributed by atoms with E-state index < -0.39 is 16.1 Å². The van der Waals surface area contributed by atoms with Gasteiger partial charge in [-0.1, -0.05) is 45.8 Å². The van der Waals surface area contributed by atoms with Crippen LogP contribution in [0.25, 0.3) is 5.76 Å². The zero-order valence-corrected chi connectivity index (χ0v) is 15.4. The van der Waals surface area contributed by atoms with Gasteiger partial charge in [0.25, 0.3) is 0 Å². The number of hydrogen-bond acceptors (Lipinski definition) is 5. The normalized spacial score (nSPS) is 11.9. The maximum atomic E-state index is 12.4. The molecular formula is C17H15BrO5S. The minimum Gasteiger partial charge on any atom is -0.466 e. The molecule has 5 nitrogen and oxygen atoms in total. The van der Waals surface area contributed by atoms with Crippen LogP contribution in [0.2, 0.25) is 0 Å². The second-order valence-electron chi connectivity index (χ2n) is 4.89. The summed E-state index contributed by atoms with van der Waals surface area (Å²) >= 11 is 3.29. The Hall–Kier alpha value is -2.12. The number of carbonyl (C=O) groups is 1. The first kappa shape index (κ1) is 18.2. The van der Waals surface area contributed by atoms with Crippen LogP contribution in [-0.2, 0) is 23.8 Å². The maximum absolute atomic E-state index is 12.4. The first-order valence-electron chi connectivity index (χ1n) is 6.88. The van der Waals surface area contributed by atoms with E-state index >= 15 is 0 Å². The van der Waals surface area contributed by atoms with Crippen LogP contribution >= 0.6 is 15.9 Å². The highest BCUT2D eigenvalue weighted by atomic mass is 79.9. The summed E-state index contributed by atoms with van der Waals surface area (Å²) in [5, 5.41) is 0. The van der Waals surface area contributed by atoms with Gasteiger partial charge in [-0.25, -0.2) is 4.79 Å². The van der Waals surface area contributed by atoms with Gasteiger partial charge >= 0.3 is 16.1 Å². The second-order valence-corrected chi connectivity index (χ2v) is 7.35. The van der Waals surface area contributed by atoms with Gasteiger partial charge in [0.1, 0.15) is 4.90 Å². The van der Waals surface area contributed by atoms with Crippen LogP contribution in [-0.4, -0.2) is 21.5 Å². The number of methoxy groups -OCH3 is 1. The molecule has 0 spiro atoms. The number of benzene rings is 2. The lowest BCUT2D eigenvalue weighted by atomic mass is 10.2. The topological polar surface area (TPSA) is 69.7 Å². The Balaban J connectivity index is 2.41. The van der Waals surface area contributed by atoms with Gasteiger partial charge in [-0.05, 0) is 31.2 Å². The highest BCUT2D eigenvalue weighted by Gasteiger charge is 2.20. The summed E-state index contributed by atoms with van der Waals surface area (Å²) in [6.45, 7) is 1.85. The molecule has 2 aromatic carbocycles. The number of hydrogen-bond donors (Lipinski definition) is 0. The van der Waals surface area contributed by atoms with Crippen molar-refractivity contribution in [1.82, 2.24) is 0 Å². The molecule has 0 bridgehead atoms. The monoisotopic (exact) mass is 410 g/mol. The SMILES string of the molecule is COC(=O)/C=C(/OS(=O)(=O)c1ccc(C)cc1)c1ccc(Br)cc1. The van der Waals surface area contributed by atoms with Crippen LogP contribution in [0.15, 0.2) is 64.0 Å². The first-order valence-corrected chi connectivity index (χ1v) is 9.09. The lowest BCUT2D eigenvalue weighted by Gasteiger charge is -2.11. The van der Waals surface area contributed by atoms with E-state index in [1.165, 1.54) is 19.2 Å². The molecule has 0 radical (unpaired) electrons. The fourth-order valence-corrected chi connectivity index (χ4v) is 3.02. The van der Waals surface area contributed by atoms with Gasteiger partial charge in [-0.2, -0.15) is 8.42 Å². The molecular weight excluding hydrogens is 396 g/mol. The Morgan fingerprint density at radius 2 is 1.62 bits per heavy atom. The molecule has 2 aromatic rings. The predicted octanol–water partition coefficient (Wildman–Crippen LogP) is 3.68. The molecule has 0 N–H and O–H groups in total. The molecule has 126 valence electrons. The highest BCUT2D eigenvalue weighted by molar-refractivity contribution is 9.10. The summed E-state index contributed by atoms with van der Waals surface area (Å²) in [6.07, 6.45) is 0.995. The molecule has 0 amide bonds. The van der Waals surface area contributed by atoms with Gasteiger partial charge in [0.15, 0.2) is 5.76 Å². The lowest BCUT2D eigenvalue weighted by molar-refractivity contribution is -0.134. The summed E-state index contributed by atoms with van der Waals surface area (Å²) in [6, 6.07) is 12.9. The van der Waals surface area contributed by atoms with Crippen LogP contribution in [0.3, 0.4) is 0 Å². The summed E-state index contributed by atoms with van der Waals surface area (Å²) in [5.41, 5.74) is 1.35. The van der Waals surface area contributed by atoms with Crippen molar-refractivity contribution < 1.29 is 22.1 Å². The van der Waals surface area contributed by atoms with Crippen LogP contribution in [0.1, 0.15) is 11.1 Å². The van der Waals surface area contributed by atoms with Crippen molar-refractivity contribution in [2.24, 2.45) is 0 Å². The zero-order valence-electron chi connectivity index (χ0n) is 13.0. The third-order valence-corrected chi connectivity index (χ3v) is 4.87. The number of halogens is 1. The van der Waals surface area contributed by atoms with Crippen LogP contribution in [0.5, 0.6) is 0 Å². The number of rotatable bonds is 5. The Morgan fingerprint density at radius 1 is 1.04 bits per heavy atom. The molecule has 0 saturated heterocycles. The van der Waals surface area contributed by atoms with E-state index in [0.717, 1.165) is 16.1 Å². The van der Waals surface area contributed by atoms with Gasteiger partial charge in [0.2, 0.25) is 0 Å². The van der Waals surface area contributed by atoms with Crippen molar-refractivity contribution >= 4 is 37.8 Å². The van der Waals surface area contributed by atoms with Crippen LogP contribution < -0.4 is 0 Å². The highest BCUT2D eigenvalue weighted by Crippen LogP contribution is 2.24. The third-order valence-electron chi connectivity index (χ3n) is 3.09. The molecule has 0 aromatic heterocycles. The molecule has 0 fully saturated rings. The van der Waals surface area contributed by atoms with Gasteiger partial charge in [0.05, 0.1) is 13.2 Å². The molecule has 0 unspecified atom stereocenters. The average molecular weight is 411 g/mol. The van der Waals surface area contributed by atoms with E-state index in [0.29, 0.717) is 5.56 Å². The zero-order chi connectivity index (χ0) is 17.7. The predicted molar refractivity (Wildman–Crippen MR) is 93.6 cm³/mol. The quantitative estimate of drug-likeness (QED) is 0.325. The molecule has 0 heterocycles. The largest absolute Gasteiger partial charge is 0.466 e. The Kier molecular flexibility index (Phi) is 5.80. The summed E-state index contributed by atoms with van der Waals surface area (Å²) in [4.78, 5) is 11.5. The van der Waals surface area contributed by atoms with E-state index in [-0.39, 0.29) is 10.7 Å². The lowest BCUT2D eigenvalue weighted by Crippen LogP contribution is -2.08. The van der Waals surface area contributed by atoms with Crippen molar-refractivity contribution in [3.63, 3.8) is 0 Å². The smallest absolute Gasteiger partial charge is 0.339 e. The summed E-state index contributed by atoms with van der Waals surface area (Å²) in [7, 11) is -2.88. The molecule has 0 atom stereocenters. The minimum absolute atomic E-state index is 0.000905. The fourth-order valence-electron chi connectivity index (χ4n) is 1.81. The van der Waals surface area contributed by atoms with Gasteiger partial charge < -0.3 is 8.92 Å². The van der Waals surface area contributed by atoms with E-state index in [1.807, 2.05) is 6.92 Å². The van der Waals surface area contributed by atoms with Gasteiger partial charge in [0, 0.05) is 10.0 Å². The molecule has 7 heteroatoms. The molecule has 0 aliphatic heterocycles. The van der Waals surface area contributed by atoms with E-state index in [2.05, 4.69) is 20.7 Å². The average Bonchev–Trinajstić information content (AvgIpc) is 2.55. The first-order chi connectivity index (χ1) is 11.3. The summed E-state index contributed by atoms with van der Waals surface area (Å²) in [5.74, 6) is -0.832. The Morgan fingerprint density at radius 3 is 2.17 bits per heavy atom. The standard InChI is InChI=1S/C17H15BrO5S/c1-12-3-9-15(10-4-12)24(20,21)23-16(11-17(19)22-2)13-5-7-14(18)8-6-13/h3-11H,1-2H3/b16-11+. The molecule has 0 saturated carbocycles. The summed E-state index contributed by atoms with van der Waals surface area (Å²) < 4.78 is 35.4. The van der Waals surface area contributed by atoms with Crippen LogP contribution in [0.4, 0.5) is 0 Å². The van der Waals surface area contributed by atoms with Crippen molar-refractivity contribution in [2.75, 3.05) is 7.11 Å². The number of carbonyl (C=O) groups excluding carboxylic acids is 1. The Bertz CT molecular complexity index is 853. The van der Waals surface area contributed by atoms with Gasteiger partial charge in [-0.15, -0.1) is 0 Å². The third kappa shape index (κ3) is 4.69. The van der Waals surface area contributed by atoms with Crippen molar-refractivity contribution in [1.29, 1.82) is 0 Å². The van der Waals surface area contributed by atoms with Crippen molar-refractivity contribution in [2.45, 2.75) is 11.8 Å². The number of esters is 1. The number of aryl methyl sites for hydroxylation is 1. The molecule has 0 aliphatic rings.